The molecule has 134 valence electrons. The Labute approximate surface area is 153 Å². The number of nitrogens with zero attached hydrogens (tertiary/aromatic N) is 3. The second kappa shape index (κ2) is 8.87. The third-order valence-electron chi connectivity index (χ3n) is 4.17. The molecule has 1 aromatic heterocycles. The molecule has 2 N–H and O–H groups in total. The Kier molecular flexibility index (Phi) is 6.30. The van der Waals surface area contributed by atoms with Crippen molar-refractivity contribution in [3.05, 3.63) is 35.5 Å². The summed E-state index contributed by atoms with van der Waals surface area (Å²) < 4.78 is 5.87. The molecule has 0 aliphatic carbocycles. The van der Waals surface area contributed by atoms with Crippen LogP contribution in [0.5, 0.6) is 5.75 Å². The summed E-state index contributed by atoms with van der Waals surface area (Å²) in [6.45, 7) is 4.17. The summed E-state index contributed by atoms with van der Waals surface area (Å²) >= 11 is 6.25. The first-order chi connectivity index (χ1) is 12.2. The molecule has 25 heavy (non-hydrogen) atoms. The minimum Gasteiger partial charge on any atom is -0.492 e. The highest BCUT2D eigenvalue weighted by Crippen LogP contribution is 2.29. The van der Waals surface area contributed by atoms with Gasteiger partial charge >= 0.3 is 0 Å². The van der Waals surface area contributed by atoms with Gasteiger partial charge in [0.05, 0.1) is 11.6 Å². The molecular weight excluding hydrogens is 338 g/mol. The first-order valence-corrected chi connectivity index (χ1v) is 9.05. The van der Waals surface area contributed by atoms with Gasteiger partial charge in [-0.25, -0.2) is 4.98 Å². The molecule has 0 atom stereocenters. The molecule has 0 saturated carbocycles. The van der Waals surface area contributed by atoms with E-state index >= 15 is 0 Å². The highest BCUT2D eigenvalue weighted by Gasteiger charge is 2.11. The summed E-state index contributed by atoms with van der Waals surface area (Å²) in [5.74, 6) is 1.96. The van der Waals surface area contributed by atoms with E-state index in [0.717, 1.165) is 24.5 Å². The van der Waals surface area contributed by atoms with Gasteiger partial charge in [0.25, 0.3) is 0 Å². The van der Waals surface area contributed by atoms with Gasteiger partial charge in [-0.1, -0.05) is 11.6 Å². The van der Waals surface area contributed by atoms with Crippen molar-refractivity contribution < 1.29 is 4.74 Å². The van der Waals surface area contributed by atoms with E-state index in [2.05, 4.69) is 25.5 Å². The average molecular weight is 362 g/mol. The summed E-state index contributed by atoms with van der Waals surface area (Å²) in [4.78, 5) is 11.0. The lowest BCUT2D eigenvalue weighted by atomic mass is 10.3. The maximum atomic E-state index is 6.25. The fourth-order valence-corrected chi connectivity index (χ4v) is 3.03. The van der Waals surface area contributed by atoms with Crippen LogP contribution in [-0.2, 0) is 0 Å². The standard InChI is InChI=1S/C18H24ClN5O/c1-20-17-7-8-21-18(23-17)22-14-5-6-15(19)16(13-14)25-12-4-11-24-9-2-3-10-24/h5-8,13H,2-4,9-12H2,1H3,(H2,20,21,22,23). The minimum absolute atomic E-state index is 0.522. The zero-order valence-electron chi connectivity index (χ0n) is 14.5. The maximum absolute atomic E-state index is 6.25. The predicted molar refractivity (Wildman–Crippen MR) is 102 cm³/mol. The molecule has 0 radical (unpaired) electrons. The summed E-state index contributed by atoms with van der Waals surface area (Å²) in [6.07, 6.45) is 5.34. The van der Waals surface area contributed by atoms with Crippen molar-refractivity contribution in [1.82, 2.24) is 14.9 Å². The average Bonchev–Trinajstić information content (AvgIpc) is 3.15. The Morgan fingerprint density at radius 3 is 2.88 bits per heavy atom. The molecule has 0 bridgehead atoms. The van der Waals surface area contributed by atoms with Crippen LogP contribution >= 0.6 is 11.6 Å². The third-order valence-corrected chi connectivity index (χ3v) is 4.49. The lowest BCUT2D eigenvalue weighted by Crippen LogP contribution is -2.21. The van der Waals surface area contributed by atoms with Crippen LogP contribution in [0.1, 0.15) is 19.3 Å². The van der Waals surface area contributed by atoms with Crippen LogP contribution in [0.3, 0.4) is 0 Å². The number of halogens is 1. The topological polar surface area (TPSA) is 62.3 Å². The number of aromatic nitrogens is 2. The van der Waals surface area contributed by atoms with E-state index in [4.69, 9.17) is 16.3 Å². The summed E-state index contributed by atoms with van der Waals surface area (Å²) in [6, 6.07) is 7.39. The van der Waals surface area contributed by atoms with Gasteiger partial charge in [-0.15, -0.1) is 0 Å². The molecule has 1 aliphatic rings. The summed E-state index contributed by atoms with van der Waals surface area (Å²) in [5.41, 5.74) is 0.840. The van der Waals surface area contributed by atoms with Crippen molar-refractivity contribution in [2.24, 2.45) is 0 Å². The summed E-state index contributed by atoms with van der Waals surface area (Å²) in [5, 5.41) is 6.77. The quantitative estimate of drug-likeness (QED) is 0.698. The molecule has 1 aliphatic heterocycles. The van der Waals surface area contributed by atoms with Crippen LogP contribution in [0.4, 0.5) is 17.5 Å². The number of hydrogen-bond donors (Lipinski definition) is 2. The van der Waals surface area contributed by atoms with Crippen molar-refractivity contribution >= 4 is 29.1 Å². The fraction of sp³-hybridized carbons (Fsp3) is 0.444. The van der Waals surface area contributed by atoms with Gasteiger partial charge in [-0.2, -0.15) is 4.98 Å². The lowest BCUT2D eigenvalue weighted by molar-refractivity contribution is 0.263. The van der Waals surface area contributed by atoms with E-state index in [1.807, 2.05) is 31.3 Å². The van der Waals surface area contributed by atoms with E-state index in [1.165, 1.54) is 25.9 Å². The smallest absolute Gasteiger partial charge is 0.229 e. The number of benzene rings is 1. The maximum Gasteiger partial charge on any atom is 0.229 e. The Bertz CT molecular complexity index is 691. The van der Waals surface area contributed by atoms with Crippen molar-refractivity contribution in [3.8, 4) is 5.75 Å². The monoisotopic (exact) mass is 361 g/mol. The van der Waals surface area contributed by atoms with E-state index in [1.54, 1.807) is 6.20 Å². The Morgan fingerprint density at radius 1 is 1.24 bits per heavy atom. The minimum atomic E-state index is 0.522. The van der Waals surface area contributed by atoms with E-state index in [0.29, 0.717) is 23.3 Å². The number of nitrogens with one attached hydrogen (secondary N) is 2. The normalized spacial score (nSPS) is 14.5. The molecule has 3 rings (SSSR count). The molecule has 1 aromatic carbocycles. The van der Waals surface area contributed by atoms with Crippen LogP contribution in [0.25, 0.3) is 0 Å². The molecule has 1 saturated heterocycles. The van der Waals surface area contributed by atoms with Crippen molar-refractivity contribution in [2.75, 3.05) is 43.9 Å². The number of anilines is 3. The van der Waals surface area contributed by atoms with Crippen molar-refractivity contribution in [2.45, 2.75) is 19.3 Å². The van der Waals surface area contributed by atoms with Crippen LogP contribution in [0.15, 0.2) is 30.5 Å². The number of hydrogen-bond acceptors (Lipinski definition) is 6. The third kappa shape index (κ3) is 5.21. The Hall–Kier alpha value is -2.05. The number of likely N-dealkylation sites (tertiary alicyclic amines) is 1. The Balaban J connectivity index is 1.55. The second-order valence-corrected chi connectivity index (χ2v) is 6.44. The molecule has 2 aromatic rings. The predicted octanol–water partition coefficient (Wildman–Crippen LogP) is 3.78. The SMILES string of the molecule is CNc1ccnc(Nc2ccc(Cl)c(OCCCN3CCCC3)c2)n1. The molecular formula is C18H24ClN5O. The molecule has 0 spiro atoms. The van der Waals surface area contributed by atoms with Gasteiger partial charge in [0, 0.05) is 31.5 Å². The van der Waals surface area contributed by atoms with Gasteiger partial charge in [0.15, 0.2) is 0 Å². The largest absolute Gasteiger partial charge is 0.492 e. The highest BCUT2D eigenvalue weighted by molar-refractivity contribution is 6.32. The zero-order valence-corrected chi connectivity index (χ0v) is 15.2. The molecule has 1 fully saturated rings. The summed E-state index contributed by atoms with van der Waals surface area (Å²) in [7, 11) is 1.82. The molecule has 0 amide bonds. The fourth-order valence-electron chi connectivity index (χ4n) is 2.86. The van der Waals surface area contributed by atoms with Gasteiger partial charge < -0.3 is 20.3 Å². The van der Waals surface area contributed by atoms with Crippen LogP contribution < -0.4 is 15.4 Å². The van der Waals surface area contributed by atoms with Crippen molar-refractivity contribution in [3.63, 3.8) is 0 Å². The zero-order chi connectivity index (χ0) is 17.5. The second-order valence-electron chi connectivity index (χ2n) is 6.04. The number of rotatable bonds is 8. The molecule has 2 heterocycles. The van der Waals surface area contributed by atoms with Crippen molar-refractivity contribution in [1.29, 1.82) is 0 Å². The van der Waals surface area contributed by atoms with E-state index in [9.17, 15) is 0 Å². The van der Waals surface area contributed by atoms with Crippen LogP contribution in [-0.4, -0.2) is 48.2 Å². The van der Waals surface area contributed by atoms with Crippen LogP contribution in [0, 0.1) is 0 Å². The van der Waals surface area contributed by atoms with E-state index < -0.39 is 0 Å². The Morgan fingerprint density at radius 2 is 2.08 bits per heavy atom. The number of ether oxygens (including phenoxy) is 1. The molecule has 6 nitrogen and oxygen atoms in total. The first kappa shape index (κ1) is 17.8. The van der Waals surface area contributed by atoms with Gasteiger partial charge in [-0.05, 0) is 50.6 Å². The molecule has 7 heteroatoms. The van der Waals surface area contributed by atoms with Gasteiger partial charge in [-0.3, -0.25) is 0 Å². The van der Waals surface area contributed by atoms with Gasteiger partial charge in [0.1, 0.15) is 11.6 Å². The molecule has 0 unspecified atom stereocenters. The highest BCUT2D eigenvalue weighted by atomic mass is 35.5. The first-order valence-electron chi connectivity index (χ1n) is 8.67. The van der Waals surface area contributed by atoms with Crippen LogP contribution in [0.2, 0.25) is 5.02 Å². The lowest BCUT2D eigenvalue weighted by Gasteiger charge is -2.15. The van der Waals surface area contributed by atoms with Gasteiger partial charge in [0.2, 0.25) is 5.95 Å². The van der Waals surface area contributed by atoms with E-state index in [-0.39, 0.29) is 0 Å².